The van der Waals surface area contributed by atoms with E-state index >= 15 is 0 Å². The van der Waals surface area contributed by atoms with Crippen molar-refractivity contribution >= 4 is 47.8 Å². The molecular weight excluding hydrogens is 793 g/mol. The van der Waals surface area contributed by atoms with Crippen LogP contribution < -0.4 is 38.1 Å². The first-order valence-corrected chi connectivity index (χ1v) is 20.5. The van der Waals surface area contributed by atoms with Gasteiger partial charge in [-0.2, -0.15) is 0 Å². The van der Waals surface area contributed by atoms with Crippen LogP contribution in [-0.2, 0) is 49.5 Å². The maximum Gasteiger partial charge on any atom is 0.408 e. The van der Waals surface area contributed by atoms with E-state index < -0.39 is 95.2 Å². The molecule has 9 N–H and O–H groups in total. The third-order valence-electron chi connectivity index (χ3n) is 8.04. The molecule has 61 heavy (non-hydrogen) atoms. The number of carbonyl (C=O) groups is 7. The summed E-state index contributed by atoms with van der Waals surface area (Å²) in [7, 11) is 0. The van der Waals surface area contributed by atoms with E-state index in [-0.39, 0.29) is 51.3 Å². The topological polar surface area (TPSA) is 281 Å². The van der Waals surface area contributed by atoms with Crippen LogP contribution in [0.4, 0.5) is 9.59 Å². The number of guanidine groups is 1. The Balaban J connectivity index is 3.46. The van der Waals surface area contributed by atoms with Gasteiger partial charge in [-0.15, -0.1) is 0 Å². The number of aliphatic imine (C=N–C) groups is 1. The van der Waals surface area contributed by atoms with Gasteiger partial charge in [0, 0.05) is 13.1 Å². The maximum atomic E-state index is 14.2. The van der Waals surface area contributed by atoms with Gasteiger partial charge in [-0.1, -0.05) is 44.2 Å². The van der Waals surface area contributed by atoms with Gasteiger partial charge in [0.15, 0.2) is 5.96 Å². The molecule has 0 aromatic heterocycles. The Hall–Kier alpha value is -5.62. The molecule has 1 aromatic carbocycles. The van der Waals surface area contributed by atoms with Crippen LogP contribution in [0.5, 0.6) is 0 Å². The van der Waals surface area contributed by atoms with Gasteiger partial charge in [-0.3, -0.25) is 24.2 Å². The largest absolute Gasteiger partial charge is 0.460 e. The van der Waals surface area contributed by atoms with E-state index in [0.717, 1.165) is 0 Å². The highest BCUT2D eigenvalue weighted by Crippen LogP contribution is 2.15. The molecule has 0 aliphatic heterocycles. The third-order valence-corrected chi connectivity index (χ3v) is 8.04. The zero-order valence-corrected chi connectivity index (χ0v) is 37.7. The first-order chi connectivity index (χ1) is 28.2. The summed E-state index contributed by atoms with van der Waals surface area (Å²) in [6.07, 6.45) is -1.29. The summed E-state index contributed by atoms with van der Waals surface area (Å²) in [6, 6.07) is 3.60. The molecule has 0 bridgehead atoms. The molecule has 1 aromatic rings. The average Bonchev–Trinajstić information content (AvgIpc) is 3.10. The van der Waals surface area contributed by atoms with Crippen LogP contribution in [0.15, 0.2) is 35.3 Å². The SMILES string of the molecule is CC(C)[C@H](NC(=O)[C@H](CC(=O)OC(C)(C)C)NC(=O)[C@H](CCCCNC(=O)OC(C)(C)C)NC(=O)[C@H](CCCN=C(N)N)NC(=O)OCc1ccccc1)C(=O)OC(C)(C)C. The van der Waals surface area contributed by atoms with Crippen molar-refractivity contribution in [1.29, 1.82) is 0 Å². The molecule has 0 unspecified atom stereocenters. The maximum absolute atomic E-state index is 14.2. The summed E-state index contributed by atoms with van der Waals surface area (Å²) >= 11 is 0. The minimum absolute atomic E-state index is 0.0138. The Labute approximate surface area is 359 Å². The van der Waals surface area contributed by atoms with Crippen LogP contribution in [-0.4, -0.2) is 102 Å². The molecule has 4 atom stereocenters. The number of carbonyl (C=O) groups excluding carboxylic acids is 7. The molecule has 0 fully saturated rings. The number of nitrogens with one attached hydrogen (secondary N) is 5. The summed E-state index contributed by atoms with van der Waals surface area (Å²) < 4.78 is 21.6. The van der Waals surface area contributed by atoms with Crippen LogP contribution in [0, 0.1) is 5.92 Å². The molecule has 19 heteroatoms. The molecular formula is C42H70N8O11. The molecule has 0 aliphatic carbocycles. The molecule has 0 heterocycles. The fraction of sp³-hybridized carbons (Fsp3) is 0.667. The Morgan fingerprint density at radius 3 is 1.70 bits per heavy atom. The van der Waals surface area contributed by atoms with Crippen LogP contribution in [0.1, 0.15) is 120 Å². The van der Waals surface area contributed by atoms with Crippen LogP contribution in [0.3, 0.4) is 0 Å². The fourth-order valence-electron chi connectivity index (χ4n) is 5.35. The lowest BCUT2D eigenvalue weighted by Gasteiger charge is -2.29. The molecule has 0 saturated heterocycles. The van der Waals surface area contributed by atoms with Crippen molar-refractivity contribution < 1.29 is 52.5 Å². The normalized spacial score (nSPS) is 13.6. The monoisotopic (exact) mass is 863 g/mol. The molecule has 1 rings (SSSR count). The highest BCUT2D eigenvalue weighted by Gasteiger charge is 2.35. The first-order valence-electron chi connectivity index (χ1n) is 20.5. The first kappa shape index (κ1) is 53.4. The summed E-state index contributed by atoms with van der Waals surface area (Å²) in [6.45, 7) is 18.7. The predicted molar refractivity (Wildman–Crippen MR) is 228 cm³/mol. The lowest BCUT2D eigenvalue weighted by molar-refractivity contribution is -0.160. The van der Waals surface area contributed by atoms with Crippen molar-refractivity contribution in [2.45, 2.75) is 162 Å². The lowest BCUT2D eigenvalue weighted by Crippen LogP contribution is -2.59. The number of ether oxygens (including phenoxy) is 4. The lowest BCUT2D eigenvalue weighted by atomic mass is 10.0. The Morgan fingerprint density at radius 2 is 1.16 bits per heavy atom. The highest BCUT2D eigenvalue weighted by molar-refractivity contribution is 5.96. The van der Waals surface area contributed by atoms with E-state index in [1.807, 2.05) is 6.07 Å². The van der Waals surface area contributed by atoms with Crippen molar-refractivity contribution in [1.82, 2.24) is 26.6 Å². The van der Waals surface area contributed by atoms with Crippen molar-refractivity contribution in [3.05, 3.63) is 35.9 Å². The number of rotatable bonds is 22. The molecule has 5 amide bonds. The van der Waals surface area contributed by atoms with Gasteiger partial charge in [-0.05, 0) is 106 Å². The number of benzene rings is 1. The number of esters is 2. The number of unbranched alkanes of at least 4 members (excludes halogenated alkanes) is 1. The van der Waals surface area contributed by atoms with E-state index in [9.17, 15) is 33.6 Å². The summed E-state index contributed by atoms with van der Waals surface area (Å²) in [4.78, 5) is 97.3. The van der Waals surface area contributed by atoms with Gasteiger partial charge < -0.3 is 57.0 Å². The van der Waals surface area contributed by atoms with Gasteiger partial charge in [0.1, 0.15) is 47.6 Å². The third kappa shape index (κ3) is 24.9. The zero-order valence-electron chi connectivity index (χ0n) is 37.7. The summed E-state index contributed by atoms with van der Waals surface area (Å²) in [5.41, 5.74) is 9.10. The fourth-order valence-corrected chi connectivity index (χ4v) is 5.35. The number of amides is 5. The van der Waals surface area contributed by atoms with Gasteiger partial charge in [0.05, 0.1) is 6.42 Å². The highest BCUT2D eigenvalue weighted by atomic mass is 16.6. The molecule has 0 saturated carbocycles. The van der Waals surface area contributed by atoms with Crippen LogP contribution >= 0.6 is 0 Å². The van der Waals surface area contributed by atoms with Gasteiger partial charge in [-0.25, -0.2) is 14.4 Å². The van der Waals surface area contributed by atoms with Crippen molar-refractivity contribution in [2.24, 2.45) is 22.4 Å². The van der Waals surface area contributed by atoms with E-state index in [2.05, 4.69) is 31.6 Å². The minimum atomic E-state index is -1.57. The van der Waals surface area contributed by atoms with Crippen LogP contribution in [0.25, 0.3) is 0 Å². The van der Waals surface area contributed by atoms with Crippen molar-refractivity contribution in [3.8, 4) is 0 Å². The number of hydrogen-bond donors (Lipinski definition) is 7. The van der Waals surface area contributed by atoms with Crippen molar-refractivity contribution in [2.75, 3.05) is 13.1 Å². The van der Waals surface area contributed by atoms with E-state index in [1.54, 1.807) is 100 Å². The number of nitrogens with two attached hydrogens (primary N) is 2. The van der Waals surface area contributed by atoms with Gasteiger partial charge in [0.25, 0.3) is 0 Å². The van der Waals surface area contributed by atoms with E-state index in [4.69, 9.17) is 30.4 Å². The molecule has 0 spiro atoms. The number of alkyl carbamates (subject to hydrolysis) is 2. The van der Waals surface area contributed by atoms with Gasteiger partial charge in [0.2, 0.25) is 17.7 Å². The predicted octanol–water partition coefficient (Wildman–Crippen LogP) is 3.21. The standard InChI is InChI=1S/C42H70N8O11/c1-26(2)32(36(55)60-41(6,7)8)50-35(54)30(24-31(51)59-40(3,4)5)48-33(52)28(20-15-16-22-46-38(56)61-42(9,10)11)47-34(53)29(21-17-23-45-37(43)44)49-39(57)58-25-27-18-13-12-14-19-27/h12-14,18-19,26,28-30,32H,15-17,20-25H2,1-11H3,(H,46,56)(H,47,53)(H,48,52)(H,49,57)(H,50,54)(H4,43,44,45)/t28-,29-,30-,32-/m0/s1. The molecule has 0 radical (unpaired) electrons. The minimum Gasteiger partial charge on any atom is -0.460 e. The van der Waals surface area contributed by atoms with E-state index in [0.29, 0.717) is 12.0 Å². The molecule has 0 aliphatic rings. The summed E-state index contributed by atoms with van der Waals surface area (Å²) in [5, 5.41) is 13.0. The average molecular weight is 863 g/mol. The van der Waals surface area contributed by atoms with E-state index in [1.165, 1.54) is 0 Å². The Kier molecular flexibility index (Phi) is 22.1. The second-order valence-electron chi connectivity index (χ2n) is 17.8. The second kappa shape index (κ2) is 25.2. The Morgan fingerprint density at radius 1 is 0.639 bits per heavy atom. The van der Waals surface area contributed by atoms with Gasteiger partial charge >= 0.3 is 24.1 Å². The summed E-state index contributed by atoms with van der Waals surface area (Å²) in [5.74, 6) is -4.66. The Bertz CT molecular complexity index is 1630. The molecule has 19 nitrogen and oxygen atoms in total. The quantitative estimate of drug-likeness (QED) is 0.0290. The number of nitrogens with zero attached hydrogens (tertiary/aromatic N) is 1. The second-order valence-corrected chi connectivity index (χ2v) is 17.8. The molecule has 344 valence electrons. The zero-order chi connectivity index (χ0) is 46.6. The number of hydrogen-bond acceptors (Lipinski definition) is 12. The van der Waals surface area contributed by atoms with Crippen molar-refractivity contribution in [3.63, 3.8) is 0 Å². The smallest absolute Gasteiger partial charge is 0.408 e. The van der Waals surface area contributed by atoms with Crippen LogP contribution in [0.2, 0.25) is 0 Å².